The van der Waals surface area contributed by atoms with Crippen molar-refractivity contribution in [1.29, 1.82) is 0 Å². The molecule has 3 heterocycles. The van der Waals surface area contributed by atoms with Crippen LogP contribution in [-0.2, 0) is 7.05 Å². The molecule has 2 aliphatic heterocycles. The molecule has 2 saturated heterocycles. The summed E-state index contributed by atoms with van der Waals surface area (Å²) in [5, 5.41) is 1.42. The maximum Gasteiger partial charge on any atom is 0.197 e. The number of rotatable bonds is 10. The number of aryl methyl sites for hydroxylation is 1. The normalized spacial score (nSPS) is 17.6. The monoisotopic (exact) mass is 491 g/mol. The summed E-state index contributed by atoms with van der Waals surface area (Å²) in [4.78, 5) is 18.4. The quantitative estimate of drug-likeness (QED) is 0.288. The van der Waals surface area contributed by atoms with E-state index in [1.54, 1.807) is 0 Å². The first kappa shape index (κ1) is 25.1. The van der Waals surface area contributed by atoms with Crippen LogP contribution in [0.4, 0.5) is 0 Å². The second-order valence-electron chi connectivity index (χ2n) is 10.5. The lowest BCUT2D eigenvalue weighted by Crippen LogP contribution is -2.31. The molecular formula is C30H41N3O3. The predicted molar refractivity (Wildman–Crippen MR) is 148 cm³/mol. The van der Waals surface area contributed by atoms with Crippen LogP contribution in [0.2, 0.25) is 0 Å². The summed E-state index contributed by atoms with van der Waals surface area (Å²) in [5.74, 6) is 1.59. The van der Waals surface area contributed by atoms with E-state index in [0.29, 0.717) is 24.0 Å². The van der Waals surface area contributed by atoms with Gasteiger partial charge in [-0.1, -0.05) is 12.8 Å². The summed E-state index contributed by atoms with van der Waals surface area (Å²) >= 11 is 0. The second kappa shape index (κ2) is 12.1. The average molecular weight is 492 g/mol. The molecule has 0 radical (unpaired) electrons. The van der Waals surface area contributed by atoms with Gasteiger partial charge in [-0.15, -0.1) is 0 Å². The number of piperidine rings is 2. The van der Waals surface area contributed by atoms with E-state index in [1.165, 1.54) is 64.7 Å². The Morgan fingerprint density at radius 3 is 1.83 bits per heavy atom. The first-order valence-electron chi connectivity index (χ1n) is 14.0. The number of ether oxygens (including phenoxy) is 2. The molecule has 0 atom stereocenters. The van der Waals surface area contributed by atoms with Gasteiger partial charge in [-0.05, 0) is 95.0 Å². The van der Waals surface area contributed by atoms with Crippen molar-refractivity contribution < 1.29 is 9.47 Å². The summed E-state index contributed by atoms with van der Waals surface area (Å²) < 4.78 is 14.2. The molecule has 6 heteroatoms. The minimum absolute atomic E-state index is 0.0496. The number of likely N-dealkylation sites (tertiary alicyclic amines) is 2. The highest BCUT2D eigenvalue weighted by molar-refractivity contribution is 5.94. The van der Waals surface area contributed by atoms with Crippen LogP contribution in [0.15, 0.2) is 41.2 Å². The number of hydrogen-bond donors (Lipinski definition) is 0. The Balaban J connectivity index is 1.22. The van der Waals surface area contributed by atoms with Gasteiger partial charge in [0.2, 0.25) is 0 Å². The standard InChI is InChI=1S/C30H41N3O3/c1-31-28-13-11-24(35-20-8-18-32-14-4-2-5-15-32)22-27(28)30(34)26-12-10-25(23-29(26)31)36-21-9-19-33-16-6-3-7-17-33/h10-13,22-23H,2-9,14-21H2,1H3. The Morgan fingerprint density at radius 2 is 1.22 bits per heavy atom. The molecule has 3 aromatic rings. The highest BCUT2D eigenvalue weighted by Crippen LogP contribution is 2.25. The Labute approximate surface area is 214 Å². The number of benzene rings is 2. The van der Waals surface area contributed by atoms with Crippen LogP contribution in [0.1, 0.15) is 51.4 Å². The number of nitrogens with zero attached hydrogens (tertiary/aromatic N) is 3. The molecule has 0 aliphatic carbocycles. The molecule has 1 aromatic heterocycles. The molecule has 2 fully saturated rings. The lowest BCUT2D eigenvalue weighted by molar-refractivity contribution is 0.205. The van der Waals surface area contributed by atoms with E-state index < -0.39 is 0 Å². The smallest absolute Gasteiger partial charge is 0.197 e. The zero-order chi connectivity index (χ0) is 24.7. The highest BCUT2D eigenvalue weighted by atomic mass is 16.5. The fraction of sp³-hybridized carbons (Fsp3) is 0.567. The average Bonchev–Trinajstić information content (AvgIpc) is 2.93. The van der Waals surface area contributed by atoms with Crippen molar-refractivity contribution in [1.82, 2.24) is 14.4 Å². The summed E-state index contributed by atoms with van der Waals surface area (Å²) in [6.07, 6.45) is 10.0. The minimum Gasteiger partial charge on any atom is -0.494 e. The zero-order valence-corrected chi connectivity index (χ0v) is 21.8. The summed E-state index contributed by atoms with van der Waals surface area (Å²) in [5.41, 5.74) is 1.86. The van der Waals surface area contributed by atoms with E-state index >= 15 is 0 Å². The zero-order valence-electron chi connectivity index (χ0n) is 21.8. The summed E-state index contributed by atoms with van der Waals surface area (Å²) in [6, 6.07) is 11.7. The second-order valence-corrected chi connectivity index (χ2v) is 10.5. The van der Waals surface area contributed by atoms with E-state index in [0.717, 1.165) is 48.5 Å². The lowest BCUT2D eigenvalue weighted by atomic mass is 10.1. The van der Waals surface area contributed by atoms with Crippen LogP contribution in [0.5, 0.6) is 11.5 Å². The van der Waals surface area contributed by atoms with Crippen LogP contribution in [0.3, 0.4) is 0 Å². The van der Waals surface area contributed by atoms with E-state index in [4.69, 9.17) is 9.47 Å². The maximum absolute atomic E-state index is 13.4. The number of aromatic nitrogens is 1. The van der Waals surface area contributed by atoms with Crippen LogP contribution in [0, 0.1) is 0 Å². The molecule has 6 nitrogen and oxygen atoms in total. The fourth-order valence-electron chi connectivity index (χ4n) is 5.75. The predicted octanol–water partition coefficient (Wildman–Crippen LogP) is 5.20. The van der Waals surface area contributed by atoms with E-state index in [2.05, 4.69) is 14.4 Å². The Morgan fingerprint density at radius 1 is 0.667 bits per heavy atom. The van der Waals surface area contributed by atoms with Gasteiger partial charge in [-0.3, -0.25) is 4.79 Å². The molecule has 0 unspecified atom stereocenters. The molecule has 0 bridgehead atoms. The largest absolute Gasteiger partial charge is 0.494 e. The number of pyridine rings is 1. The molecule has 0 amide bonds. The Bertz CT molecular complexity index is 1210. The van der Waals surface area contributed by atoms with Gasteiger partial charge in [-0.25, -0.2) is 0 Å². The van der Waals surface area contributed by atoms with Crippen LogP contribution in [0.25, 0.3) is 21.8 Å². The third-order valence-electron chi connectivity index (χ3n) is 7.82. The van der Waals surface area contributed by atoms with Gasteiger partial charge in [0.05, 0.1) is 24.2 Å². The number of hydrogen-bond acceptors (Lipinski definition) is 5. The van der Waals surface area contributed by atoms with Crippen LogP contribution >= 0.6 is 0 Å². The van der Waals surface area contributed by atoms with Crippen LogP contribution < -0.4 is 14.9 Å². The highest BCUT2D eigenvalue weighted by Gasteiger charge is 2.13. The maximum atomic E-state index is 13.4. The third kappa shape index (κ3) is 6.04. The van der Waals surface area contributed by atoms with Gasteiger partial charge in [-0.2, -0.15) is 0 Å². The van der Waals surface area contributed by atoms with Crippen molar-refractivity contribution in [3.8, 4) is 11.5 Å². The van der Waals surface area contributed by atoms with E-state index in [-0.39, 0.29) is 5.43 Å². The third-order valence-corrected chi connectivity index (χ3v) is 7.82. The molecule has 2 aliphatic rings. The van der Waals surface area contributed by atoms with Gasteiger partial charge in [0, 0.05) is 37.0 Å². The summed E-state index contributed by atoms with van der Waals surface area (Å²) in [6.45, 7) is 8.42. The van der Waals surface area contributed by atoms with Gasteiger partial charge < -0.3 is 23.8 Å². The van der Waals surface area contributed by atoms with Crippen LogP contribution in [-0.4, -0.2) is 66.8 Å². The van der Waals surface area contributed by atoms with Crippen molar-refractivity contribution in [2.24, 2.45) is 7.05 Å². The van der Waals surface area contributed by atoms with Crippen molar-refractivity contribution in [3.63, 3.8) is 0 Å². The molecule has 194 valence electrons. The summed E-state index contributed by atoms with van der Waals surface area (Å²) in [7, 11) is 2.02. The minimum atomic E-state index is 0.0496. The first-order chi connectivity index (χ1) is 17.7. The van der Waals surface area contributed by atoms with E-state index in [1.807, 2.05) is 43.4 Å². The number of fused-ring (bicyclic) bond motifs is 2. The Hall–Kier alpha value is -2.57. The van der Waals surface area contributed by atoms with Gasteiger partial charge >= 0.3 is 0 Å². The molecule has 0 N–H and O–H groups in total. The van der Waals surface area contributed by atoms with Gasteiger partial charge in [0.25, 0.3) is 0 Å². The van der Waals surface area contributed by atoms with Gasteiger partial charge in [0.1, 0.15) is 11.5 Å². The van der Waals surface area contributed by atoms with Crippen molar-refractivity contribution in [3.05, 3.63) is 46.6 Å². The Kier molecular flexibility index (Phi) is 8.44. The van der Waals surface area contributed by atoms with Crippen molar-refractivity contribution in [2.75, 3.05) is 52.5 Å². The molecular weight excluding hydrogens is 450 g/mol. The van der Waals surface area contributed by atoms with Crippen molar-refractivity contribution >= 4 is 21.8 Å². The van der Waals surface area contributed by atoms with Gasteiger partial charge in [0.15, 0.2) is 5.43 Å². The topological polar surface area (TPSA) is 46.9 Å². The SMILES string of the molecule is Cn1c2ccc(OCCCN3CCCCC3)cc2c(=O)c2ccc(OCCCN3CCCCC3)cc21. The molecule has 0 spiro atoms. The molecule has 2 aromatic carbocycles. The lowest BCUT2D eigenvalue weighted by Gasteiger charge is -2.26. The first-order valence-corrected chi connectivity index (χ1v) is 14.0. The molecule has 5 rings (SSSR count). The fourth-order valence-corrected chi connectivity index (χ4v) is 5.75. The van der Waals surface area contributed by atoms with E-state index in [9.17, 15) is 4.79 Å². The molecule has 36 heavy (non-hydrogen) atoms. The molecule has 0 saturated carbocycles. The van der Waals surface area contributed by atoms with Crippen molar-refractivity contribution in [2.45, 2.75) is 51.4 Å².